The molecular weight excluding hydrogens is 414 g/mol. The standard InChI is InChI=1S/C22H29N5O3S/c1-16(19(28)27(22-25-12-15-31-22)18-6-3-2-4-7-18)30-20(29)17-8-13-26(14-9-17)21-23-10-5-11-24-21/h5,10-12,15-18H,2-4,6-9,13-14H2,1H3. The number of hydrogen-bond acceptors (Lipinski definition) is 8. The van der Waals surface area contributed by atoms with E-state index in [9.17, 15) is 9.59 Å². The Morgan fingerprint density at radius 3 is 2.42 bits per heavy atom. The third-order valence-corrected chi connectivity index (χ3v) is 6.88. The molecule has 166 valence electrons. The molecule has 2 aromatic rings. The Morgan fingerprint density at radius 2 is 1.77 bits per heavy atom. The Bertz CT molecular complexity index is 849. The van der Waals surface area contributed by atoms with Gasteiger partial charge >= 0.3 is 5.97 Å². The first kappa shape index (κ1) is 21.7. The highest BCUT2D eigenvalue weighted by atomic mass is 32.1. The zero-order chi connectivity index (χ0) is 21.6. The van der Waals surface area contributed by atoms with Crippen LogP contribution >= 0.6 is 11.3 Å². The van der Waals surface area contributed by atoms with Gasteiger partial charge in [-0.1, -0.05) is 19.3 Å². The molecule has 1 saturated heterocycles. The van der Waals surface area contributed by atoms with Gasteiger partial charge in [-0.2, -0.15) is 0 Å². The molecule has 4 rings (SSSR count). The number of anilines is 2. The molecule has 1 atom stereocenters. The van der Waals surface area contributed by atoms with Gasteiger partial charge < -0.3 is 9.64 Å². The maximum Gasteiger partial charge on any atom is 0.309 e. The first-order valence-electron chi connectivity index (χ1n) is 11.1. The van der Waals surface area contributed by atoms with Crippen molar-refractivity contribution in [3.05, 3.63) is 30.0 Å². The van der Waals surface area contributed by atoms with Gasteiger partial charge in [-0.05, 0) is 38.7 Å². The lowest BCUT2D eigenvalue weighted by atomic mass is 9.94. The van der Waals surface area contributed by atoms with Gasteiger partial charge in [0, 0.05) is 43.1 Å². The van der Waals surface area contributed by atoms with E-state index in [1.807, 2.05) is 5.38 Å². The second-order valence-corrected chi connectivity index (χ2v) is 9.08. The van der Waals surface area contributed by atoms with E-state index in [0.29, 0.717) is 37.0 Å². The van der Waals surface area contributed by atoms with E-state index in [1.54, 1.807) is 36.5 Å². The third-order valence-electron chi connectivity index (χ3n) is 6.11. The lowest BCUT2D eigenvalue weighted by molar-refractivity contribution is -0.158. The monoisotopic (exact) mass is 443 g/mol. The van der Waals surface area contributed by atoms with Crippen molar-refractivity contribution in [3.8, 4) is 0 Å². The van der Waals surface area contributed by atoms with Gasteiger partial charge in [-0.25, -0.2) is 15.0 Å². The van der Waals surface area contributed by atoms with Crippen molar-refractivity contribution >= 4 is 34.3 Å². The maximum atomic E-state index is 13.3. The molecule has 0 N–H and O–H groups in total. The Labute approximate surface area is 186 Å². The molecule has 1 aliphatic carbocycles. The molecule has 2 fully saturated rings. The summed E-state index contributed by atoms with van der Waals surface area (Å²) in [6, 6.07) is 1.91. The molecule has 0 aromatic carbocycles. The lowest BCUT2D eigenvalue weighted by Crippen LogP contribution is -2.48. The van der Waals surface area contributed by atoms with Crippen LogP contribution in [0, 0.1) is 5.92 Å². The van der Waals surface area contributed by atoms with Gasteiger partial charge in [0.1, 0.15) is 0 Å². The van der Waals surface area contributed by atoms with Crippen LogP contribution in [0.2, 0.25) is 0 Å². The molecule has 0 radical (unpaired) electrons. The third kappa shape index (κ3) is 5.20. The van der Waals surface area contributed by atoms with Gasteiger partial charge in [-0.3, -0.25) is 14.5 Å². The van der Waals surface area contributed by atoms with Crippen LogP contribution in [0.25, 0.3) is 0 Å². The summed E-state index contributed by atoms with van der Waals surface area (Å²) in [5, 5.41) is 2.57. The van der Waals surface area contributed by atoms with Crippen molar-refractivity contribution in [2.75, 3.05) is 22.9 Å². The van der Waals surface area contributed by atoms with Gasteiger partial charge in [0.2, 0.25) is 5.95 Å². The SMILES string of the molecule is CC(OC(=O)C1CCN(c2ncccn2)CC1)C(=O)N(c1nccs1)C1CCCCC1. The van der Waals surface area contributed by atoms with E-state index >= 15 is 0 Å². The quantitative estimate of drug-likeness (QED) is 0.632. The van der Waals surface area contributed by atoms with Gasteiger partial charge in [0.15, 0.2) is 11.2 Å². The maximum absolute atomic E-state index is 13.3. The second kappa shape index (κ2) is 10.2. The number of rotatable bonds is 6. The average Bonchev–Trinajstić information content (AvgIpc) is 3.35. The van der Waals surface area contributed by atoms with Crippen molar-refractivity contribution in [1.29, 1.82) is 0 Å². The summed E-state index contributed by atoms with van der Waals surface area (Å²) in [6.07, 6.45) is 11.0. The number of piperidine rings is 1. The van der Waals surface area contributed by atoms with Crippen LogP contribution in [0.15, 0.2) is 30.0 Å². The molecule has 1 unspecified atom stereocenters. The predicted octanol–water partition coefficient (Wildman–Crippen LogP) is 3.45. The van der Waals surface area contributed by atoms with Gasteiger partial charge in [0.25, 0.3) is 5.91 Å². The summed E-state index contributed by atoms with van der Waals surface area (Å²) in [5.74, 6) is 0.00479. The summed E-state index contributed by atoms with van der Waals surface area (Å²) in [5.41, 5.74) is 0. The van der Waals surface area contributed by atoms with E-state index < -0.39 is 6.10 Å². The van der Waals surface area contributed by atoms with Crippen molar-refractivity contribution < 1.29 is 14.3 Å². The number of thiazole rings is 1. The number of esters is 1. The summed E-state index contributed by atoms with van der Waals surface area (Å²) >= 11 is 1.45. The minimum atomic E-state index is -0.825. The number of ether oxygens (including phenoxy) is 1. The largest absolute Gasteiger partial charge is 0.452 e. The van der Waals surface area contributed by atoms with Crippen LogP contribution < -0.4 is 9.80 Å². The topological polar surface area (TPSA) is 88.5 Å². The molecule has 8 nitrogen and oxygen atoms in total. The van der Waals surface area contributed by atoms with Crippen molar-refractivity contribution in [1.82, 2.24) is 15.0 Å². The highest BCUT2D eigenvalue weighted by Crippen LogP contribution is 2.30. The second-order valence-electron chi connectivity index (χ2n) is 8.20. The summed E-state index contributed by atoms with van der Waals surface area (Å²) in [6.45, 7) is 3.06. The molecule has 9 heteroatoms. The highest BCUT2D eigenvalue weighted by Gasteiger charge is 2.35. The van der Waals surface area contributed by atoms with Crippen LogP contribution in [-0.2, 0) is 14.3 Å². The Kier molecular flexibility index (Phi) is 7.11. The first-order valence-corrected chi connectivity index (χ1v) is 12.0. The van der Waals surface area contributed by atoms with Crippen LogP contribution in [0.3, 0.4) is 0 Å². The Hall–Kier alpha value is -2.55. The number of hydrogen-bond donors (Lipinski definition) is 0. The molecule has 2 aromatic heterocycles. The molecular formula is C22H29N5O3S. The van der Waals surface area contributed by atoms with E-state index in [2.05, 4.69) is 19.9 Å². The molecule has 3 heterocycles. The summed E-state index contributed by atoms with van der Waals surface area (Å²) in [4.78, 5) is 42.8. The lowest BCUT2D eigenvalue weighted by Gasteiger charge is -2.34. The summed E-state index contributed by atoms with van der Waals surface area (Å²) in [7, 11) is 0. The minimum absolute atomic E-state index is 0.127. The molecule has 1 aliphatic heterocycles. The van der Waals surface area contributed by atoms with Gasteiger partial charge in [-0.15, -0.1) is 11.3 Å². The van der Waals surface area contributed by atoms with Gasteiger partial charge in [0.05, 0.1) is 5.92 Å². The number of aromatic nitrogens is 3. The van der Waals surface area contributed by atoms with Crippen molar-refractivity contribution in [2.45, 2.75) is 64.0 Å². The number of carbonyl (C=O) groups is 2. The number of nitrogens with zero attached hydrogens (tertiary/aromatic N) is 5. The fourth-order valence-electron chi connectivity index (χ4n) is 4.39. The van der Waals surface area contributed by atoms with E-state index in [4.69, 9.17) is 4.74 Å². The fraction of sp³-hybridized carbons (Fsp3) is 0.591. The molecule has 1 saturated carbocycles. The zero-order valence-electron chi connectivity index (χ0n) is 17.9. The van der Waals surface area contributed by atoms with Crippen molar-refractivity contribution in [2.24, 2.45) is 5.92 Å². The first-order chi connectivity index (χ1) is 15.1. The smallest absolute Gasteiger partial charge is 0.309 e. The summed E-state index contributed by atoms with van der Waals surface area (Å²) < 4.78 is 5.66. The Morgan fingerprint density at radius 1 is 1.06 bits per heavy atom. The van der Waals surface area contributed by atoms with Crippen LogP contribution in [0.1, 0.15) is 51.9 Å². The van der Waals surface area contributed by atoms with E-state index in [1.165, 1.54) is 17.8 Å². The molecule has 0 bridgehead atoms. The predicted molar refractivity (Wildman–Crippen MR) is 119 cm³/mol. The minimum Gasteiger partial charge on any atom is -0.452 e. The average molecular weight is 444 g/mol. The van der Waals surface area contributed by atoms with Crippen LogP contribution in [-0.4, -0.2) is 52.1 Å². The van der Waals surface area contributed by atoms with Crippen LogP contribution in [0.5, 0.6) is 0 Å². The van der Waals surface area contributed by atoms with E-state index in [-0.39, 0.29) is 23.8 Å². The normalized spacial score (nSPS) is 19.1. The van der Waals surface area contributed by atoms with Crippen molar-refractivity contribution in [3.63, 3.8) is 0 Å². The molecule has 0 spiro atoms. The molecule has 2 aliphatic rings. The van der Waals surface area contributed by atoms with E-state index in [0.717, 1.165) is 25.7 Å². The zero-order valence-corrected chi connectivity index (χ0v) is 18.7. The molecule has 1 amide bonds. The number of carbonyl (C=O) groups excluding carboxylic acids is 2. The highest BCUT2D eigenvalue weighted by molar-refractivity contribution is 7.13. The Balaban J connectivity index is 1.35. The fourth-order valence-corrected chi connectivity index (χ4v) is 5.11. The van der Waals surface area contributed by atoms with Crippen LogP contribution in [0.4, 0.5) is 11.1 Å². The molecule has 31 heavy (non-hydrogen) atoms. The number of amides is 1.